The van der Waals surface area contributed by atoms with E-state index in [1.165, 1.54) is 5.56 Å². The lowest BCUT2D eigenvalue weighted by molar-refractivity contribution is 0.0946. The zero-order chi connectivity index (χ0) is 18.2. The fourth-order valence-corrected chi connectivity index (χ4v) is 2.45. The molecule has 132 valence electrons. The van der Waals surface area contributed by atoms with E-state index in [2.05, 4.69) is 27.8 Å². The Kier molecular flexibility index (Phi) is 5.83. The second-order valence-corrected chi connectivity index (χ2v) is 5.80. The van der Waals surface area contributed by atoms with Crippen LogP contribution in [0.3, 0.4) is 0 Å². The number of methoxy groups -OCH3 is 1. The molecule has 0 saturated heterocycles. The van der Waals surface area contributed by atoms with Crippen LogP contribution in [0.2, 0.25) is 0 Å². The predicted molar refractivity (Wildman–Crippen MR) is 102 cm³/mol. The number of ether oxygens (including phenoxy) is 1. The maximum atomic E-state index is 12.2. The zero-order valence-corrected chi connectivity index (χ0v) is 14.6. The van der Waals surface area contributed by atoms with Crippen LogP contribution in [0, 0.1) is 0 Å². The molecule has 0 saturated carbocycles. The van der Waals surface area contributed by atoms with Crippen LogP contribution >= 0.6 is 0 Å². The number of aromatic nitrogens is 1. The molecule has 0 aliphatic heterocycles. The van der Waals surface area contributed by atoms with Gasteiger partial charge in [-0.2, -0.15) is 0 Å². The molecule has 0 atom stereocenters. The lowest BCUT2D eigenvalue weighted by Gasteiger charge is -2.08. The number of nitrogens with one attached hydrogen (secondary N) is 2. The highest BCUT2D eigenvalue weighted by atomic mass is 16.5. The molecule has 0 fully saturated rings. The molecule has 1 amide bonds. The Hall–Kier alpha value is -3.34. The number of pyridine rings is 1. The van der Waals surface area contributed by atoms with Crippen molar-refractivity contribution < 1.29 is 9.53 Å². The molecule has 3 aromatic rings. The number of anilines is 1. The Bertz CT molecular complexity index is 831. The molecule has 0 unspecified atom stereocenters. The molecule has 26 heavy (non-hydrogen) atoms. The van der Waals surface area contributed by atoms with E-state index in [4.69, 9.17) is 4.74 Å². The summed E-state index contributed by atoms with van der Waals surface area (Å²) in [5.74, 6) is 0.593. The minimum Gasteiger partial charge on any atom is -0.497 e. The lowest BCUT2D eigenvalue weighted by atomic mass is 10.2. The molecular weight excluding hydrogens is 326 g/mol. The Morgan fingerprint density at radius 1 is 0.923 bits per heavy atom. The van der Waals surface area contributed by atoms with E-state index in [0.29, 0.717) is 18.8 Å². The molecule has 1 aromatic heterocycles. The van der Waals surface area contributed by atoms with Gasteiger partial charge in [0.1, 0.15) is 11.4 Å². The number of hydrogen-bond acceptors (Lipinski definition) is 4. The fourth-order valence-electron chi connectivity index (χ4n) is 2.45. The molecule has 2 aromatic carbocycles. The van der Waals surface area contributed by atoms with Gasteiger partial charge in [0.2, 0.25) is 0 Å². The first-order valence-corrected chi connectivity index (χ1v) is 8.39. The van der Waals surface area contributed by atoms with Crippen LogP contribution in [0.4, 0.5) is 5.69 Å². The van der Waals surface area contributed by atoms with Crippen LogP contribution < -0.4 is 15.4 Å². The number of carbonyl (C=O) groups is 1. The van der Waals surface area contributed by atoms with Crippen LogP contribution in [0.1, 0.15) is 21.6 Å². The Morgan fingerprint density at radius 3 is 2.31 bits per heavy atom. The SMILES string of the molecule is COc1ccc(CNC(=O)c2ccc(NCc3ccccc3)cn2)cc1. The highest BCUT2D eigenvalue weighted by molar-refractivity contribution is 5.92. The highest BCUT2D eigenvalue weighted by Gasteiger charge is 2.07. The van der Waals surface area contributed by atoms with Crippen molar-refractivity contribution in [2.75, 3.05) is 12.4 Å². The maximum Gasteiger partial charge on any atom is 0.270 e. The number of carbonyl (C=O) groups excluding carboxylic acids is 1. The normalized spacial score (nSPS) is 10.2. The van der Waals surface area contributed by atoms with Gasteiger partial charge in [0.25, 0.3) is 5.91 Å². The van der Waals surface area contributed by atoms with Gasteiger partial charge >= 0.3 is 0 Å². The van der Waals surface area contributed by atoms with E-state index in [0.717, 1.165) is 17.0 Å². The van der Waals surface area contributed by atoms with Crippen molar-refractivity contribution in [3.05, 3.63) is 89.7 Å². The van der Waals surface area contributed by atoms with Gasteiger partial charge in [-0.15, -0.1) is 0 Å². The summed E-state index contributed by atoms with van der Waals surface area (Å²) < 4.78 is 5.12. The summed E-state index contributed by atoms with van der Waals surface area (Å²) >= 11 is 0. The van der Waals surface area contributed by atoms with E-state index in [1.54, 1.807) is 19.4 Å². The van der Waals surface area contributed by atoms with Crippen molar-refractivity contribution in [1.29, 1.82) is 0 Å². The largest absolute Gasteiger partial charge is 0.497 e. The van der Waals surface area contributed by atoms with E-state index < -0.39 is 0 Å². The molecule has 0 aliphatic carbocycles. The summed E-state index contributed by atoms with van der Waals surface area (Å²) in [6.45, 7) is 1.16. The van der Waals surface area contributed by atoms with E-state index >= 15 is 0 Å². The standard InChI is InChI=1S/C21H21N3O2/c1-26-19-10-7-17(8-11-19)14-24-21(25)20-12-9-18(15-23-20)22-13-16-5-3-2-4-6-16/h2-12,15,22H,13-14H2,1H3,(H,24,25). The summed E-state index contributed by atoms with van der Waals surface area (Å²) in [6, 6.07) is 21.3. The maximum absolute atomic E-state index is 12.2. The van der Waals surface area contributed by atoms with Crippen LogP contribution in [0.5, 0.6) is 5.75 Å². The third kappa shape index (κ3) is 4.83. The molecule has 0 bridgehead atoms. The Morgan fingerprint density at radius 2 is 1.65 bits per heavy atom. The molecule has 3 rings (SSSR count). The second kappa shape index (κ2) is 8.67. The van der Waals surface area contributed by atoms with Gasteiger partial charge in [0, 0.05) is 13.1 Å². The van der Waals surface area contributed by atoms with Crippen molar-refractivity contribution in [2.24, 2.45) is 0 Å². The summed E-state index contributed by atoms with van der Waals surface area (Å²) in [7, 11) is 1.63. The smallest absolute Gasteiger partial charge is 0.270 e. The number of hydrogen-bond donors (Lipinski definition) is 2. The van der Waals surface area contributed by atoms with E-state index in [-0.39, 0.29) is 5.91 Å². The average molecular weight is 347 g/mol. The molecule has 5 heteroatoms. The van der Waals surface area contributed by atoms with Gasteiger partial charge < -0.3 is 15.4 Å². The van der Waals surface area contributed by atoms with Crippen LogP contribution in [-0.2, 0) is 13.1 Å². The van der Waals surface area contributed by atoms with Crippen molar-refractivity contribution >= 4 is 11.6 Å². The van der Waals surface area contributed by atoms with E-state index in [9.17, 15) is 4.79 Å². The number of rotatable bonds is 7. The summed E-state index contributed by atoms with van der Waals surface area (Å²) in [6.07, 6.45) is 1.67. The minimum atomic E-state index is -0.199. The van der Waals surface area contributed by atoms with Crippen LogP contribution in [-0.4, -0.2) is 18.0 Å². The molecular formula is C21H21N3O2. The van der Waals surface area contributed by atoms with Crippen molar-refractivity contribution in [1.82, 2.24) is 10.3 Å². The Balaban J connectivity index is 1.51. The molecule has 0 spiro atoms. The average Bonchev–Trinajstić information content (AvgIpc) is 2.72. The van der Waals surface area contributed by atoms with Gasteiger partial charge in [-0.3, -0.25) is 4.79 Å². The number of benzene rings is 2. The monoisotopic (exact) mass is 347 g/mol. The Labute approximate surface area is 153 Å². The van der Waals surface area contributed by atoms with Gasteiger partial charge in [-0.05, 0) is 35.4 Å². The van der Waals surface area contributed by atoms with E-state index in [1.807, 2.05) is 48.5 Å². The number of nitrogens with zero attached hydrogens (tertiary/aromatic N) is 1. The first-order valence-electron chi connectivity index (χ1n) is 8.39. The van der Waals surface area contributed by atoms with Crippen molar-refractivity contribution in [2.45, 2.75) is 13.1 Å². The summed E-state index contributed by atoms with van der Waals surface area (Å²) in [5, 5.41) is 6.16. The molecule has 2 N–H and O–H groups in total. The van der Waals surface area contributed by atoms with Crippen LogP contribution in [0.25, 0.3) is 0 Å². The molecule has 1 heterocycles. The summed E-state index contributed by atoms with van der Waals surface area (Å²) in [4.78, 5) is 16.4. The second-order valence-electron chi connectivity index (χ2n) is 5.80. The first kappa shape index (κ1) is 17.5. The lowest BCUT2D eigenvalue weighted by Crippen LogP contribution is -2.23. The highest BCUT2D eigenvalue weighted by Crippen LogP contribution is 2.12. The van der Waals surface area contributed by atoms with Gasteiger partial charge in [0.15, 0.2) is 0 Å². The minimum absolute atomic E-state index is 0.199. The van der Waals surface area contributed by atoms with Crippen LogP contribution in [0.15, 0.2) is 72.9 Å². The predicted octanol–water partition coefficient (Wildman–Crippen LogP) is 3.63. The van der Waals surface area contributed by atoms with Gasteiger partial charge in [0.05, 0.1) is 19.0 Å². The summed E-state index contributed by atoms with van der Waals surface area (Å²) in [5.41, 5.74) is 3.46. The quantitative estimate of drug-likeness (QED) is 0.685. The zero-order valence-electron chi connectivity index (χ0n) is 14.6. The molecule has 0 aliphatic rings. The van der Waals surface area contributed by atoms with Gasteiger partial charge in [-0.1, -0.05) is 42.5 Å². The van der Waals surface area contributed by atoms with Crippen molar-refractivity contribution in [3.63, 3.8) is 0 Å². The van der Waals surface area contributed by atoms with Gasteiger partial charge in [-0.25, -0.2) is 4.98 Å². The first-order chi connectivity index (χ1) is 12.7. The fraction of sp³-hybridized carbons (Fsp3) is 0.143. The van der Waals surface area contributed by atoms with Crippen molar-refractivity contribution in [3.8, 4) is 5.75 Å². The molecule has 5 nitrogen and oxygen atoms in total. The third-order valence-corrected chi connectivity index (χ3v) is 3.95. The topological polar surface area (TPSA) is 63.2 Å². The third-order valence-electron chi connectivity index (χ3n) is 3.95. The number of amides is 1. The molecule has 0 radical (unpaired) electrons.